The maximum absolute atomic E-state index is 10.1. The largest absolute Gasteiger partial charge is 0.506 e. The lowest BCUT2D eigenvalue weighted by Crippen LogP contribution is -1.96. The molecule has 0 rings (SSSR count). The van der Waals surface area contributed by atoms with Crippen LogP contribution in [0.5, 0.6) is 0 Å². The van der Waals surface area contributed by atoms with E-state index in [1.165, 1.54) is 0 Å². The Hall–Kier alpha value is -0.450. The van der Waals surface area contributed by atoms with Crippen molar-refractivity contribution in [1.29, 1.82) is 5.26 Å². The van der Waals surface area contributed by atoms with Gasteiger partial charge in [-0.25, -0.2) is 0 Å². The third-order valence-corrected chi connectivity index (χ3v) is 1.81. The van der Waals surface area contributed by atoms with Crippen molar-refractivity contribution >= 4 is 8.03 Å². The van der Waals surface area contributed by atoms with Crippen LogP contribution < -0.4 is 0 Å². The van der Waals surface area contributed by atoms with E-state index in [2.05, 4.69) is 0 Å². The van der Waals surface area contributed by atoms with Crippen molar-refractivity contribution in [3.63, 3.8) is 0 Å². The molecule has 0 aromatic rings. The second kappa shape index (κ2) is 4.43. The quantitative estimate of drug-likeness (QED) is 0.610. The maximum atomic E-state index is 10.1. The van der Waals surface area contributed by atoms with Gasteiger partial charge in [0, 0.05) is 0 Å². The molecule has 3 nitrogen and oxygen atoms in total. The van der Waals surface area contributed by atoms with Crippen LogP contribution in [-0.2, 0) is 4.57 Å². The highest BCUT2D eigenvalue weighted by molar-refractivity contribution is 7.38. The first kappa shape index (κ1) is 8.55. The van der Waals surface area contributed by atoms with Crippen molar-refractivity contribution in [2.45, 2.75) is 13.3 Å². The molecule has 0 aliphatic carbocycles. The molecule has 0 aliphatic heterocycles. The zero-order valence-electron chi connectivity index (χ0n) is 5.24. The van der Waals surface area contributed by atoms with Crippen molar-refractivity contribution in [2.75, 3.05) is 6.16 Å². The van der Waals surface area contributed by atoms with E-state index in [4.69, 9.17) is 10.2 Å². The number of rotatable bonds is 3. The molecule has 2 unspecified atom stereocenters. The van der Waals surface area contributed by atoms with E-state index < -0.39 is 8.03 Å². The summed E-state index contributed by atoms with van der Waals surface area (Å²) in [6.45, 7) is 1.83. The molecule has 0 heterocycles. The van der Waals surface area contributed by atoms with Crippen LogP contribution in [-0.4, -0.2) is 11.1 Å². The van der Waals surface area contributed by atoms with Crippen molar-refractivity contribution in [2.24, 2.45) is 5.92 Å². The molecule has 0 saturated carbocycles. The number of hydrogen-bond acceptors (Lipinski definition) is 2. The van der Waals surface area contributed by atoms with Gasteiger partial charge < -0.3 is 0 Å². The molecule has 4 heteroatoms. The molecule has 50 valence electrons. The van der Waals surface area contributed by atoms with E-state index in [-0.39, 0.29) is 12.1 Å². The fourth-order valence-electron chi connectivity index (χ4n) is 0.450. The number of nitriles is 1. The summed E-state index contributed by atoms with van der Waals surface area (Å²) in [6, 6.07) is 1.94. The smallest absolute Gasteiger partial charge is 0.198 e. The molecule has 9 heavy (non-hydrogen) atoms. The van der Waals surface area contributed by atoms with Crippen LogP contribution >= 0.6 is 8.03 Å². The normalized spacial score (nSPS) is 14.1. The minimum Gasteiger partial charge on any atom is -0.198 e. The molecule has 2 atom stereocenters. The summed E-state index contributed by atoms with van der Waals surface area (Å²) >= 11 is 0. The lowest BCUT2D eigenvalue weighted by atomic mass is 10.1. The van der Waals surface area contributed by atoms with Crippen LogP contribution in [0, 0.1) is 17.2 Å². The van der Waals surface area contributed by atoms with Gasteiger partial charge in [-0.05, 0) is 11.0 Å². The molecule has 0 amide bonds. The van der Waals surface area contributed by atoms with E-state index in [9.17, 15) is 4.57 Å². The van der Waals surface area contributed by atoms with Gasteiger partial charge in [0.15, 0.2) is 6.16 Å². The standard InChI is InChI=1S/C5H8NO2P/c1-2-5(3-6)4-9(7)8/h5H,2,4H2,1H3/p+1. The molecule has 0 aromatic heterocycles. The van der Waals surface area contributed by atoms with Crippen LogP contribution in [0.2, 0.25) is 0 Å². The fourth-order valence-corrected chi connectivity index (χ4v) is 1.17. The van der Waals surface area contributed by atoms with Gasteiger partial charge in [-0.2, -0.15) is 10.2 Å². The van der Waals surface area contributed by atoms with Gasteiger partial charge in [0.2, 0.25) is 0 Å². The molecule has 0 saturated heterocycles. The summed E-state index contributed by atoms with van der Waals surface area (Å²) in [5.41, 5.74) is 0. The van der Waals surface area contributed by atoms with E-state index in [0.717, 1.165) is 0 Å². The topological polar surface area (TPSA) is 61.1 Å². The van der Waals surface area contributed by atoms with Gasteiger partial charge in [0.25, 0.3) is 0 Å². The van der Waals surface area contributed by atoms with Gasteiger partial charge in [0.05, 0.1) is 12.0 Å². The summed E-state index contributed by atoms with van der Waals surface area (Å²) < 4.78 is 10.1. The Labute approximate surface area is 55.2 Å². The molecule has 1 N–H and O–H groups in total. The second-order valence-electron chi connectivity index (χ2n) is 1.77. The Bertz CT molecular complexity index is 140. The highest BCUT2D eigenvalue weighted by Gasteiger charge is 2.18. The average Bonchev–Trinajstić information content (AvgIpc) is 1.82. The SMILES string of the molecule is CCC(C#N)C[P+](=O)O. The fraction of sp³-hybridized carbons (Fsp3) is 0.800. The Morgan fingerprint density at radius 3 is 2.56 bits per heavy atom. The van der Waals surface area contributed by atoms with Gasteiger partial charge in [-0.1, -0.05) is 6.92 Å². The highest BCUT2D eigenvalue weighted by atomic mass is 31.1. The first-order chi connectivity index (χ1) is 4.20. The van der Waals surface area contributed by atoms with Crippen molar-refractivity contribution < 1.29 is 9.46 Å². The summed E-state index contributed by atoms with van der Waals surface area (Å²) in [5.74, 6) is -0.251. The molecule has 0 bridgehead atoms. The molecular formula is C5H9NO2P+. The Morgan fingerprint density at radius 2 is 2.44 bits per heavy atom. The molecule has 0 aliphatic rings. The molecule has 0 aromatic carbocycles. The predicted octanol–water partition coefficient (Wildman–Crippen LogP) is 1.27. The van der Waals surface area contributed by atoms with Gasteiger partial charge in [-0.15, -0.1) is 0 Å². The predicted molar refractivity (Wildman–Crippen MR) is 34.1 cm³/mol. The highest BCUT2D eigenvalue weighted by Crippen LogP contribution is 2.19. The zero-order chi connectivity index (χ0) is 7.28. The van der Waals surface area contributed by atoms with Crippen LogP contribution in [0.1, 0.15) is 13.3 Å². The van der Waals surface area contributed by atoms with Crippen molar-refractivity contribution in [3.05, 3.63) is 0 Å². The summed E-state index contributed by atoms with van der Waals surface area (Å²) in [7, 11) is -2.12. The van der Waals surface area contributed by atoms with Gasteiger partial charge >= 0.3 is 8.03 Å². The minimum atomic E-state index is -2.12. The lowest BCUT2D eigenvalue weighted by molar-refractivity contribution is 0.494. The third-order valence-electron chi connectivity index (χ3n) is 1.05. The van der Waals surface area contributed by atoms with E-state index in [0.29, 0.717) is 6.42 Å². The minimum absolute atomic E-state index is 0.113. The number of nitrogens with zero attached hydrogens (tertiary/aromatic N) is 1. The van der Waals surface area contributed by atoms with Crippen molar-refractivity contribution in [1.82, 2.24) is 0 Å². The van der Waals surface area contributed by atoms with Crippen molar-refractivity contribution in [3.8, 4) is 6.07 Å². The molecule has 0 fully saturated rings. The first-order valence-electron chi connectivity index (χ1n) is 2.73. The monoisotopic (exact) mass is 146 g/mol. The zero-order valence-corrected chi connectivity index (χ0v) is 6.14. The Kier molecular flexibility index (Phi) is 4.21. The lowest BCUT2D eigenvalue weighted by Gasteiger charge is -1.90. The summed E-state index contributed by atoms with van der Waals surface area (Å²) in [6.07, 6.45) is 0.764. The van der Waals surface area contributed by atoms with E-state index in [1.54, 1.807) is 0 Å². The Balaban J connectivity index is 3.60. The van der Waals surface area contributed by atoms with Gasteiger partial charge in [-0.3, -0.25) is 0 Å². The van der Waals surface area contributed by atoms with Crippen LogP contribution in [0.15, 0.2) is 0 Å². The van der Waals surface area contributed by atoms with Crippen LogP contribution in [0.3, 0.4) is 0 Å². The van der Waals surface area contributed by atoms with Crippen LogP contribution in [0.4, 0.5) is 0 Å². The summed E-state index contributed by atoms with van der Waals surface area (Å²) in [4.78, 5) is 8.34. The Morgan fingerprint density at radius 1 is 1.89 bits per heavy atom. The molecule has 0 radical (unpaired) electrons. The first-order valence-corrected chi connectivity index (χ1v) is 4.13. The molecule has 0 spiro atoms. The average molecular weight is 146 g/mol. The van der Waals surface area contributed by atoms with Gasteiger partial charge in [0.1, 0.15) is 0 Å². The van der Waals surface area contributed by atoms with E-state index >= 15 is 0 Å². The third kappa shape index (κ3) is 4.08. The number of hydrogen-bond donors (Lipinski definition) is 1. The molecular weight excluding hydrogens is 137 g/mol. The summed E-state index contributed by atoms with van der Waals surface area (Å²) in [5, 5.41) is 8.29. The van der Waals surface area contributed by atoms with Crippen LogP contribution in [0.25, 0.3) is 0 Å². The second-order valence-corrected chi connectivity index (χ2v) is 2.84. The van der Waals surface area contributed by atoms with E-state index in [1.807, 2.05) is 13.0 Å². The maximum Gasteiger partial charge on any atom is 0.506 e.